The minimum atomic E-state index is 0.770. The number of nitrogens with zero attached hydrogens (tertiary/aromatic N) is 2. The Kier molecular flexibility index (Phi) is 4.18. The Morgan fingerprint density at radius 3 is 2.63 bits per heavy atom. The molecule has 2 saturated carbocycles. The Bertz CT molecular complexity index is 431. The lowest BCUT2D eigenvalue weighted by Gasteiger charge is -2.21. The van der Waals surface area contributed by atoms with Crippen LogP contribution in [0.1, 0.15) is 56.2 Å². The number of thioether (sulfide) groups is 1. The fraction of sp³-hybridized carbons (Fsp3) is 0.800. The van der Waals surface area contributed by atoms with Crippen LogP contribution in [0.3, 0.4) is 0 Å². The molecule has 0 spiro atoms. The highest BCUT2D eigenvalue weighted by molar-refractivity contribution is 7.99. The van der Waals surface area contributed by atoms with Gasteiger partial charge in [-0.1, -0.05) is 19.3 Å². The van der Waals surface area contributed by atoms with E-state index in [4.69, 9.17) is 0 Å². The number of nitrogens with one attached hydrogen (secondary N) is 1. The summed E-state index contributed by atoms with van der Waals surface area (Å²) in [7, 11) is 2.10. The van der Waals surface area contributed by atoms with Gasteiger partial charge in [0.05, 0.1) is 10.7 Å². The maximum atomic E-state index is 4.63. The van der Waals surface area contributed by atoms with E-state index in [0.717, 1.165) is 17.8 Å². The minimum absolute atomic E-state index is 0.770. The first-order chi connectivity index (χ1) is 9.24. The van der Waals surface area contributed by atoms with Crippen molar-refractivity contribution in [2.75, 3.05) is 0 Å². The van der Waals surface area contributed by atoms with Crippen molar-refractivity contribution in [2.45, 2.75) is 74.7 Å². The zero-order valence-electron chi connectivity index (χ0n) is 12.1. The van der Waals surface area contributed by atoms with Gasteiger partial charge < -0.3 is 5.32 Å². The third-order valence-corrected chi connectivity index (χ3v) is 5.80. The second-order valence-corrected chi connectivity index (χ2v) is 7.31. The zero-order chi connectivity index (χ0) is 13.2. The Morgan fingerprint density at radius 1 is 1.21 bits per heavy atom. The maximum absolute atomic E-state index is 4.63. The number of hydrogen-bond donors (Lipinski definition) is 1. The molecule has 0 saturated heterocycles. The molecule has 0 bridgehead atoms. The third kappa shape index (κ3) is 3.34. The lowest BCUT2D eigenvalue weighted by Crippen LogP contribution is -2.17. The largest absolute Gasteiger partial charge is 0.310 e. The molecule has 0 atom stereocenters. The molecule has 2 fully saturated rings. The van der Waals surface area contributed by atoms with Crippen LogP contribution >= 0.6 is 11.8 Å². The predicted molar refractivity (Wildman–Crippen MR) is 80.5 cm³/mol. The SMILES string of the molecule is Cc1nn(C)c(SC2CCCCC2)c1CNC1CC1. The van der Waals surface area contributed by atoms with Gasteiger partial charge >= 0.3 is 0 Å². The fourth-order valence-corrected chi connectivity index (χ4v) is 4.35. The summed E-state index contributed by atoms with van der Waals surface area (Å²) in [5, 5.41) is 10.5. The average Bonchev–Trinajstić information content (AvgIpc) is 3.18. The van der Waals surface area contributed by atoms with E-state index in [1.807, 2.05) is 0 Å². The number of aromatic nitrogens is 2. The van der Waals surface area contributed by atoms with E-state index in [9.17, 15) is 0 Å². The lowest BCUT2D eigenvalue weighted by atomic mass is 10.0. The van der Waals surface area contributed by atoms with Crippen molar-refractivity contribution in [3.8, 4) is 0 Å². The molecule has 106 valence electrons. The predicted octanol–water partition coefficient (Wildman–Crippen LogP) is 3.41. The first-order valence-electron chi connectivity index (χ1n) is 7.66. The van der Waals surface area contributed by atoms with E-state index in [0.29, 0.717) is 0 Å². The molecule has 19 heavy (non-hydrogen) atoms. The van der Waals surface area contributed by atoms with Crippen LogP contribution in [0.4, 0.5) is 0 Å². The number of rotatable bonds is 5. The molecule has 0 aromatic carbocycles. The smallest absolute Gasteiger partial charge is 0.0987 e. The van der Waals surface area contributed by atoms with E-state index in [2.05, 4.69) is 40.8 Å². The summed E-state index contributed by atoms with van der Waals surface area (Å²) in [6, 6.07) is 0.770. The van der Waals surface area contributed by atoms with Crippen molar-refractivity contribution in [2.24, 2.45) is 7.05 Å². The van der Waals surface area contributed by atoms with Crippen molar-refractivity contribution in [1.29, 1.82) is 0 Å². The zero-order valence-corrected chi connectivity index (χ0v) is 12.9. The molecule has 1 heterocycles. The molecule has 1 N–H and O–H groups in total. The Morgan fingerprint density at radius 2 is 1.95 bits per heavy atom. The van der Waals surface area contributed by atoms with Gasteiger partial charge in [0, 0.05) is 30.4 Å². The van der Waals surface area contributed by atoms with Crippen LogP contribution in [0.2, 0.25) is 0 Å². The molecule has 4 heteroatoms. The quantitative estimate of drug-likeness (QED) is 0.896. The maximum Gasteiger partial charge on any atom is 0.0987 e. The normalized spacial score (nSPS) is 20.9. The van der Waals surface area contributed by atoms with Crippen LogP contribution in [0.5, 0.6) is 0 Å². The molecular weight excluding hydrogens is 254 g/mol. The van der Waals surface area contributed by atoms with E-state index < -0.39 is 0 Å². The molecule has 0 amide bonds. The van der Waals surface area contributed by atoms with Crippen LogP contribution in [-0.2, 0) is 13.6 Å². The summed E-state index contributed by atoms with van der Waals surface area (Å²) >= 11 is 2.07. The fourth-order valence-electron chi connectivity index (χ4n) is 2.91. The van der Waals surface area contributed by atoms with E-state index >= 15 is 0 Å². The van der Waals surface area contributed by atoms with Gasteiger partial charge in [0.25, 0.3) is 0 Å². The van der Waals surface area contributed by atoms with Gasteiger partial charge in [0.1, 0.15) is 0 Å². The van der Waals surface area contributed by atoms with Gasteiger partial charge in [-0.25, -0.2) is 0 Å². The summed E-state index contributed by atoms with van der Waals surface area (Å²) in [6.07, 6.45) is 9.70. The average molecular weight is 279 g/mol. The molecular formula is C15H25N3S. The van der Waals surface area contributed by atoms with Gasteiger partial charge in [-0.2, -0.15) is 5.10 Å². The van der Waals surface area contributed by atoms with Crippen LogP contribution in [0.25, 0.3) is 0 Å². The first-order valence-corrected chi connectivity index (χ1v) is 8.54. The topological polar surface area (TPSA) is 29.9 Å². The van der Waals surface area contributed by atoms with Crippen molar-refractivity contribution in [1.82, 2.24) is 15.1 Å². The molecule has 2 aliphatic carbocycles. The molecule has 1 aromatic heterocycles. The summed E-state index contributed by atoms with van der Waals surface area (Å²) < 4.78 is 2.10. The van der Waals surface area contributed by atoms with E-state index in [1.165, 1.54) is 61.2 Å². The van der Waals surface area contributed by atoms with Crippen molar-refractivity contribution >= 4 is 11.8 Å². The lowest BCUT2D eigenvalue weighted by molar-refractivity contribution is 0.514. The molecule has 1 aromatic rings. The summed E-state index contributed by atoms with van der Waals surface area (Å²) in [4.78, 5) is 0. The van der Waals surface area contributed by atoms with Crippen LogP contribution in [0, 0.1) is 6.92 Å². The molecule has 0 radical (unpaired) electrons. The summed E-state index contributed by atoms with van der Waals surface area (Å²) in [5.41, 5.74) is 2.64. The third-order valence-electron chi connectivity index (χ3n) is 4.26. The van der Waals surface area contributed by atoms with Gasteiger partial charge in [-0.05, 0) is 32.6 Å². The highest BCUT2D eigenvalue weighted by atomic mass is 32.2. The number of hydrogen-bond acceptors (Lipinski definition) is 3. The van der Waals surface area contributed by atoms with Crippen molar-refractivity contribution in [3.05, 3.63) is 11.3 Å². The Balaban J connectivity index is 1.69. The van der Waals surface area contributed by atoms with Crippen LogP contribution < -0.4 is 5.32 Å². The summed E-state index contributed by atoms with van der Waals surface area (Å²) in [6.45, 7) is 3.15. The summed E-state index contributed by atoms with van der Waals surface area (Å²) in [5.74, 6) is 0. The first kappa shape index (κ1) is 13.5. The molecule has 2 aliphatic rings. The Labute approximate surface area is 120 Å². The molecule has 3 nitrogen and oxygen atoms in total. The molecule has 3 rings (SSSR count). The Hall–Kier alpha value is -0.480. The van der Waals surface area contributed by atoms with Crippen molar-refractivity contribution in [3.63, 3.8) is 0 Å². The second-order valence-electron chi connectivity index (χ2n) is 6.03. The standard InChI is InChI=1S/C15H25N3S/c1-11-14(10-16-12-8-9-12)15(18(2)17-11)19-13-6-4-3-5-7-13/h12-13,16H,3-10H2,1-2H3. The van der Waals surface area contributed by atoms with Gasteiger partial charge in [0.15, 0.2) is 0 Å². The van der Waals surface area contributed by atoms with Crippen molar-refractivity contribution < 1.29 is 0 Å². The van der Waals surface area contributed by atoms with Crippen LogP contribution in [0.15, 0.2) is 5.03 Å². The highest BCUT2D eigenvalue weighted by Crippen LogP contribution is 2.36. The van der Waals surface area contributed by atoms with Gasteiger partial charge in [-0.3, -0.25) is 4.68 Å². The van der Waals surface area contributed by atoms with Crippen LogP contribution in [-0.4, -0.2) is 21.1 Å². The van der Waals surface area contributed by atoms with E-state index in [-0.39, 0.29) is 0 Å². The minimum Gasteiger partial charge on any atom is -0.310 e. The van der Waals surface area contributed by atoms with Gasteiger partial charge in [0.2, 0.25) is 0 Å². The molecule has 0 unspecified atom stereocenters. The molecule has 0 aliphatic heterocycles. The monoisotopic (exact) mass is 279 g/mol. The van der Waals surface area contributed by atoms with Gasteiger partial charge in [-0.15, -0.1) is 11.8 Å². The second kappa shape index (κ2) is 5.88. The highest BCUT2D eigenvalue weighted by Gasteiger charge is 2.24. The van der Waals surface area contributed by atoms with E-state index in [1.54, 1.807) is 0 Å². The number of aryl methyl sites for hydroxylation is 2.